The third-order valence-electron chi connectivity index (χ3n) is 9.12. The highest BCUT2D eigenvalue weighted by atomic mass is 16.5. The molecule has 4 aliphatic carbocycles. The highest BCUT2D eigenvalue weighted by molar-refractivity contribution is 5.69. The molecule has 0 radical (unpaired) electrons. The van der Waals surface area contributed by atoms with Crippen LogP contribution in [0.5, 0.6) is 0 Å². The van der Waals surface area contributed by atoms with Gasteiger partial charge in [-0.2, -0.15) is 0 Å². The van der Waals surface area contributed by atoms with Crippen molar-refractivity contribution in [2.45, 2.75) is 104 Å². The Kier molecular flexibility index (Phi) is 5.59. The first-order chi connectivity index (χ1) is 13.8. The summed E-state index contributed by atoms with van der Waals surface area (Å²) in [5.41, 5.74) is 1.92. The van der Waals surface area contributed by atoms with E-state index in [1.165, 1.54) is 18.4 Å². The lowest BCUT2D eigenvalue weighted by Gasteiger charge is -2.57. The maximum absolute atomic E-state index is 12.0. The van der Waals surface area contributed by atoms with Crippen molar-refractivity contribution in [3.05, 3.63) is 11.6 Å². The fourth-order valence-corrected chi connectivity index (χ4v) is 7.38. The van der Waals surface area contributed by atoms with Crippen LogP contribution in [0, 0.1) is 28.6 Å². The molecular formula is C25H38O4. The van der Waals surface area contributed by atoms with Crippen LogP contribution in [0.25, 0.3) is 0 Å². The molecule has 4 nitrogen and oxygen atoms in total. The SMILES string of the molecule is CCC(=O)O[C@H]1CC[C@@]2(C)C(=CC[C@H]3[C@H]4CC[C@H](OC(=O)CC)[C@@]4(C)CC[C@@H]32)C1. The van der Waals surface area contributed by atoms with E-state index < -0.39 is 0 Å². The van der Waals surface area contributed by atoms with E-state index in [9.17, 15) is 9.59 Å². The van der Waals surface area contributed by atoms with E-state index in [-0.39, 0.29) is 35.0 Å². The molecular weight excluding hydrogens is 364 g/mol. The van der Waals surface area contributed by atoms with Gasteiger partial charge in [0, 0.05) is 24.7 Å². The summed E-state index contributed by atoms with van der Waals surface area (Å²) < 4.78 is 11.6. The van der Waals surface area contributed by atoms with Gasteiger partial charge >= 0.3 is 11.9 Å². The molecule has 29 heavy (non-hydrogen) atoms. The van der Waals surface area contributed by atoms with Gasteiger partial charge in [0.15, 0.2) is 0 Å². The first-order valence-electron chi connectivity index (χ1n) is 11.9. The van der Waals surface area contributed by atoms with Crippen LogP contribution < -0.4 is 0 Å². The van der Waals surface area contributed by atoms with Crippen LogP contribution in [0.15, 0.2) is 11.6 Å². The normalized spacial score (nSPS) is 43.4. The second-order valence-corrected chi connectivity index (χ2v) is 10.4. The van der Waals surface area contributed by atoms with Gasteiger partial charge in [-0.15, -0.1) is 0 Å². The van der Waals surface area contributed by atoms with Crippen LogP contribution in [0.4, 0.5) is 0 Å². The molecule has 0 aliphatic heterocycles. The summed E-state index contributed by atoms with van der Waals surface area (Å²) in [4.78, 5) is 23.7. The number of carbonyl (C=O) groups excluding carboxylic acids is 2. The van der Waals surface area contributed by atoms with E-state index in [1.807, 2.05) is 13.8 Å². The summed E-state index contributed by atoms with van der Waals surface area (Å²) in [7, 11) is 0. The van der Waals surface area contributed by atoms with Gasteiger partial charge in [-0.1, -0.05) is 39.3 Å². The summed E-state index contributed by atoms with van der Waals surface area (Å²) in [6.07, 6.45) is 12.4. The molecule has 4 aliphatic rings. The van der Waals surface area contributed by atoms with Crippen molar-refractivity contribution >= 4 is 11.9 Å². The maximum Gasteiger partial charge on any atom is 0.305 e. The molecule has 0 heterocycles. The highest BCUT2D eigenvalue weighted by Gasteiger charge is 2.59. The zero-order valence-electron chi connectivity index (χ0n) is 18.7. The number of fused-ring (bicyclic) bond motifs is 5. The van der Waals surface area contributed by atoms with Crippen molar-refractivity contribution in [3.8, 4) is 0 Å². The molecule has 0 spiro atoms. The summed E-state index contributed by atoms with van der Waals surface area (Å²) in [5.74, 6) is 1.95. The van der Waals surface area contributed by atoms with Crippen LogP contribution in [0.1, 0.15) is 91.9 Å². The smallest absolute Gasteiger partial charge is 0.305 e. The average molecular weight is 403 g/mol. The fourth-order valence-electron chi connectivity index (χ4n) is 7.38. The summed E-state index contributed by atoms with van der Waals surface area (Å²) in [6.45, 7) is 8.61. The van der Waals surface area contributed by atoms with Crippen LogP contribution >= 0.6 is 0 Å². The van der Waals surface area contributed by atoms with Crippen LogP contribution in [-0.4, -0.2) is 24.1 Å². The van der Waals surface area contributed by atoms with Crippen molar-refractivity contribution in [1.29, 1.82) is 0 Å². The standard InChI is InChI=1S/C25H38O4/c1-5-22(26)28-17-11-13-24(3)16(15-17)7-8-18-19-9-10-21(29-23(27)6-2)25(19,4)14-12-20(18)24/h7,17-21H,5-6,8-15H2,1-4H3/t17-,18-,19+,20-,21-,24-,25-/m0/s1. The van der Waals surface area contributed by atoms with Crippen molar-refractivity contribution in [2.75, 3.05) is 0 Å². The Balaban J connectivity index is 1.51. The molecule has 3 fully saturated rings. The number of hydrogen-bond acceptors (Lipinski definition) is 4. The van der Waals surface area contributed by atoms with Gasteiger partial charge in [-0.25, -0.2) is 0 Å². The first-order valence-corrected chi connectivity index (χ1v) is 11.9. The molecule has 162 valence electrons. The molecule has 0 amide bonds. The van der Waals surface area contributed by atoms with Crippen LogP contribution in [0.3, 0.4) is 0 Å². The van der Waals surface area contributed by atoms with Gasteiger partial charge in [0.2, 0.25) is 0 Å². The maximum atomic E-state index is 12.0. The van der Waals surface area contributed by atoms with Gasteiger partial charge in [0.1, 0.15) is 12.2 Å². The van der Waals surface area contributed by atoms with Gasteiger partial charge < -0.3 is 9.47 Å². The predicted octanol–water partition coefficient (Wildman–Crippen LogP) is 5.59. The Morgan fingerprint density at radius 1 is 0.966 bits per heavy atom. The van der Waals surface area contributed by atoms with Crippen molar-refractivity contribution in [3.63, 3.8) is 0 Å². The van der Waals surface area contributed by atoms with Crippen molar-refractivity contribution in [2.24, 2.45) is 28.6 Å². The van der Waals surface area contributed by atoms with E-state index in [4.69, 9.17) is 9.47 Å². The second kappa shape index (κ2) is 7.74. The molecule has 4 rings (SSSR count). The van der Waals surface area contributed by atoms with E-state index in [1.54, 1.807) is 0 Å². The number of ether oxygens (including phenoxy) is 2. The fraction of sp³-hybridized carbons (Fsp3) is 0.840. The highest BCUT2D eigenvalue weighted by Crippen LogP contribution is 2.65. The number of esters is 2. The molecule has 0 N–H and O–H groups in total. The Hall–Kier alpha value is -1.32. The van der Waals surface area contributed by atoms with Crippen molar-refractivity contribution in [1.82, 2.24) is 0 Å². The van der Waals surface area contributed by atoms with Crippen LogP contribution in [0.2, 0.25) is 0 Å². The van der Waals surface area contributed by atoms with E-state index in [0.717, 1.165) is 38.5 Å². The molecule has 0 saturated heterocycles. The number of hydrogen-bond donors (Lipinski definition) is 0. The Bertz CT molecular complexity index is 697. The lowest BCUT2D eigenvalue weighted by molar-refractivity contribution is -0.159. The Morgan fingerprint density at radius 2 is 1.69 bits per heavy atom. The van der Waals surface area contributed by atoms with Gasteiger partial charge in [-0.3, -0.25) is 9.59 Å². The minimum absolute atomic E-state index is 0.0447. The predicted molar refractivity (Wildman–Crippen MR) is 112 cm³/mol. The Morgan fingerprint density at radius 3 is 2.41 bits per heavy atom. The third-order valence-corrected chi connectivity index (χ3v) is 9.12. The number of carbonyl (C=O) groups is 2. The molecule has 4 heteroatoms. The average Bonchev–Trinajstić information content (AvgIpc) is 3.04. The molecule has 0 bridgehead atoms. The van der Waals surface area contributed by atoms with E-state index in [2.05, 4.69) is 19.9 Å². The lowest BCUT2D eigenvalue weighted by Crippen LogP contribution is -2.51. The molecule has 0 aromatic heterocycles. The minimum atomic E-state index is -0.0695. The zero-order chi connectivity index (χ0) is 20.8. The molecule has 0 aromatic carbocycles. The van der Waals surface area contributed by atoms with E-state index in [0.29, 0.717) is 30.6 Å². The quantitative estimate of drug-likeness (QED) is 0.454. The second-order valence-electron chi connectivity index (χ2n) is 10.4. The van der Waals surface area contributed by atoms with Crippen LogP contribution in [-0.2, 0) is 19.1 Å². The van der Waals surface area contributed by atoms with Gasteiger partial charge in [-0.05, 0) is 68.1 Å². The first kappa shape index (κ1) is 20.9. The van der Waals surface area contributed by atoms with Crippen molar-refractivity contribution < 1.29 is 19.1 Å². The zero-order valence-corrected chi connectivity index (χ0v) is 18.7. The minimum Gasteiger partial charge on any atom is -0.462 e. The topological polar surface area (TPSA) is 52.6 Å². The van der Waals surface area contributed by atoms with Gasteiger partial charge in [0.05, 0.1) is 0 Å². The number of rotatable bonds is 4. The van der Waals surface area contributed by atoms with Gasteiger partial charge in [0.25, 0.3) is 0 Å². The molecule has 0 unspecified atom stereocenters. The molecule has 0 aromatic rings. The largest absolute Gasteiger partial charge is 0.462 e. The summed E-state index contributed by atoms with van der Waals surface area (Å²) in [5, 5.41) is 0. The molecule has 7 atom stereocenters. The Labute approximate surface area is 175 Å². The summed E-state index contributed by atoms with van der Waals surface area (Å²) in [6, 6.07) is 0. The van der Waals surface area contributed by atoms with E-state index >= 15 is 0 Å². The third kappa shape index (κ3) is 3.45. The lowest BCUT2D eigenvalue weighted by atomic mass is 9.48. The number of allylic oxidation sites excluding steroid dienone is 1. The monoisotopic (exact) mass is 402 g/mol. The summed E-state index contributed by atoms with van der Waals surface area (Å²) >= 11 is 0. The molecule has 3 saturated carbocycles.